The highest BCUT2D eigenvalue weighted by Crippen LogP contribution is 2.37. The van der Waals surface area contributed by atoms with Crippen LogP contribution in [0.5, 0.6) is 0 Å². The summed E-state index contributed by atoms with van der Waals surface area (Å²) in [6.07, 6.45) is 0.717. The fraction of sp³-hybridized carbons (Fsp3) is 0.0769. The van der Waals surface area contributed by atoms with Crippen molar-refractivity contribution in [3.63, 3.8) is 0 Å². The van der Waals surface area contributed by atoms with Gasteiger partial charge in [-0.2, -0.15) is 8.42 Å². The van der Waals surface area contributed by atoms with Crippen LogP contribution in [0, 0.1) is 0 Å². The van der Waals surface area contributed by atoms with Crippen LogP contribution < -0.4 is 0 Å². The van der Waals surface area contributed by atoms with Crippen LogP contribution in [0.4, 0.5) is 0 Å². The zero-order valence-electron chi connectivity index (χ0n) is 8.92. The molecule has 0 heterocycles. The fourth-order valence-corrected chi connectivity index (χ4v) is 2.81. The maximum atomic E-state index is 11.1. The summed E-state index contributed by atoms with van der Waals surface area (Å²) in [4.78, 5) is -0.0379. The zero-order chi connectivity index (χ0) is 12.0. The van der Waals surface area contributed by atoms with Crippen LogP contribution in [0.3, 0.4) is 0 Å². The molecule has 0 fully saturated rings. The van der Waals surface area contributed by atoms with Crippen molar-refractivity contribution < 1.29 is 13.0 Å². The molecular weight excluding hydrogens is 236 g/mol. The van der Waals surface area contributed by atoms with Gasteiger partial charge in [-0.25, -0.2) is 0 Å². The second kappa shape index (κ2) is 3.42. The Labute approximate surface area is 99.5 Å². The first-order valence-electron chi connectivity index (χ1n) is 5.24. The molecule has 0 saturated carbocycles. The normalized spacial score (nSPS) is 13.2. The first kappa shape index (κ1) is 10.5. The number of fused-ring (bicyclic) bond motifs is 3. The Kier molecular flexibility index (Phi) is 2.11. The molecule has 86 valence electrons. The minimum atomic E-state index is -4.11. The molecule has 3 nitrogen and oxygen atoms in total. The van der Waals surface area contributed by atoms with Crippen molar-refractivity contribution in [3.05, 3.63) is 53.6 Å². The Morgan fingerprint density at radius 1 is 0.941 bits per heavy atom. The number of rotatable bonds is 1. The highest BCUT2D eigenvalue weighted by Gasteiger charge is 2.20. The third-order valence-electron chi connectivity index (χ3n) is 3.06. The van der Waals surface area contributed by atoms with Gasteiger partial charge in [0.2, 0.25) is 0 Å². The van der Waals surface area contributed by atoms with Crippen molar-refractivity contribution in [2.24, 2.45) is 0 Å². The molecule has 0 spiro atoms. The van der Waals surface area contributed by atoms with Crippen LogP contribution in [0.25, 0.3) is 11.1 Å². The zero-order valence-corrected chi connectivity index (χ0v) is 9.74. The largest absolute Gasteiger partial charge is 0.294 e. The third kappa shape index (κ3) is 1.66. The average Bonchev–Trinajstić information content (AvgIpc) is 2.65. The molecule has 1 aliphatic rings. The van der Waals surface area contributed by atoms with Crippen molar-refractivity contribution in [1.82, 2.24) is 0 Å². The highest BCUT2D eigenvalue weighted by atomic mass is 32.2. The summed E-state index contributed by atoms with van der Waals surface area (Å²) in [5, 5.41) is 0. The second-order valence-corrected chi connectivity index (χ2v) is 5.55. The van der Waals surface area contributed by atoms with Gasteiger partial charge in [-0.05, 0) is 40.8 Å². The van der Waals surface area contributed by atoms with Crippen LogP contribution in [0.1, 0.15) is 11.1 Å². The predicted molar refractivity (Wildman–Crippen MR) is 64.5 cm³/mol. The molecule has 0 atom stereocenters. The predicted octanol–water partition coefficient (Wildman–Crippen LogP) is 2.50. The van der Waals surface area contributed by atoms with E-state index in [-0.39, 0.29) is 4.90 Å². The molecule has 2 aromatic rings. The lowest BCUT2D eigenvalue weighted by Crippen LogP contribution is -1.98. The molecule has 3 rings (SSSR count). The van der Waals surface area contributed by atoms with Gasteiger partial charge in [0.05, 0.1) is 4.90 Å². The van der Waals surface area contributed by atoms with E-state index >= 15 is 0 Å². The van der Waals surface area contributed by atoms with Gasteiger partial charge in [0.25, 0.3) is 10.1 Å². The van der Waals surface area contributed by atoms with E-state index in [1.54, 1.807) is 12.1 Å². The van der Waals surface area contributed by atoms with Gasteiger partial charge in [0.1, 0.15) is 0 Å². The van der Waals surface area contributed by atoms with E-state index in [0.29, 0.717) is 0 Å². The molecule has 0 aromatic heterocycles. The van der Waals surface area contributed by atoms with E-state index in [1.807, 2.05) is 24.3 Å². The standard InChI is InChI=1S/C13H10O3S/c14-17(15,16)11-5-6-13-10(8-11)7-9-3-1-2-4-12(9)13/h1-6,8H,7H2,(H,14,15,16). The molecule has 0 aliphatic heterocycles. The van der Waals surface area contributed by atoms with Crippen molar-refractivity contribution in [2.45, 2.75) is 11.3 Å². The summed E-state index contributed by atoms with van der Waals surface area (Å²) < 4.78 is 31.1. The Balaban J connectivity index is 2.20. The molecule has 17 heavy (non-hydrogen) atoms. The Bertz CT molecular complexity index is 702. The molecule has 1 N–H and O–H groups in total. The van der Waals surface area contributed by atoms with Gasteiger partial charge in [0, 0.05) is 0 Å². The second-order valence-electron chi connectivity index (χ2n) is 4.13. The van der Waals surface area contributed by atoms with Crippen LogP contribution >= 0.6 is 0 Å². The molecule has 0 amide bonds. The SMILES string of the molecule is O=S(=O)(O)c1ccc2c(c1)Cc1ccccc1-2. The Hall–Kier alpha value is -1.65. The summed E-state index contributed by atoms with van der Waals surface area (Å²) in [5.41, 5.74) is 4.33. The topological polar surface area (TPSA) is 54.4 Å². The summed E-state index contributed by atoms with van der Waals surface area (Å²) in [6, 6.07) is 12.7. The number of benzene rings is 2. The highest BCUT2D eigenvalue weighted by molar-refractivity contribution is 7.85. The van der Waals surface area contributed by atoms with Gasteiger partial charge in [0.15, 0.2) is 0 Å². The number of hydrogen-bond acceptors (Lipinski definition) is 2. The van der Waals surface area contributed by atoms with Crippen LogP contribution in [-0.4, -0.2) is 13.0 Å². The Morgan fingerprint density at radius 2 is 1.65 bits per heavy atom. The van der Waals surface area contributed by atoms with Gasteiger partial charge in [-0.15, -0.1) is 0 Å². The van der Waals surface area contributed by atoms with E-state index < -0.39 is 10.1 Å². The lowest BCUT2D eigenvalue weighted by atomic mass is 10.1. The molecule has 4 heteroatoms. The summed E-state index contributed by atoms with van der Waals surface area (Å²) in [6.45, 7) is 0. The lowest BCUT2D eigenvalue weighted by Gasteiger charge is -2.02. The molecule has 2 aromatic carbocycles. The summed E-state index contributed by atoms with van der Waals surface area (Å²) in [7, 11) is -4.11. The first-order chi connectivity index (χ1) is 8.05. The fourth-order valence-electron chi connectivity index (χ4n) is 2.28. The monoisotopic (exact) mass is 246 g/mol. The summed E-state index contributed by atoms with van der Waals surface area (Å²) in [5.74, 6) is 0. The molecule has 0 radical (unpaired) electrons. The quantitative estimate of drug-likeness (QED) is 0.671. The van der Waals surface area contributed by atoms with Gasteiger partial charge < -0.3 is 0 Å². The van der Waals surface area contributed by atoms with Crippen molar-refractivity contribution >= 4 is 10.1 Å². The van der Waals surface area contributed by atoms with E-state index in [1.165, 1.54) is 11.6 Å². The van der Waals surface area contributed by atoms with E-state index in [9.17, 15) is 8.42 Å². The molecule has 0 unspecified atom stereocenters. The molecule has 1 aliphatic carbocycles. The van der Waals surface area contributed by atoms with Crippen molar-refractivity contribution in [1.29, 1.82) is 0 Å². The van der Waals surface area contributed by atoms with Gasteiger partial charge in [-0.1, -0.05) is 30.3 Å². The van der Waals surface area contributed by atoms with E-state index in [0.717, 1.165) is 23.1 Å². The smallest absolute Gasteiger partial charge is 0.282 e. The number of hydrogen-bond donors (Lipinski definition) is 1. The van der Waals surface area contributed by atoms with Gasteiger partial charge in [-0.3, -0.25) is 4.55 Å². The van der Waals surface area contributed by atoms with Gasteiger partial charge >= 0.3 is 0 Å². The van der Waals surface area contributed by atoms with Crippen molar-refractivity contribution in [3.8, 4) is 11.1 Å². The van der Waals surface area contributed by atoms with Crippen molar-refractivity contribution in [2.75, 3.05) is 0 Å². The summed E-state index contributed by atoms with van der Waals surface area (Å²) >= 11 is 0. The van der Waals surface area contributed by atoms with Crippen LogP contribution in [0.15, 0.2) is 47.4 Å². The van der Waals surface area contributed by atoms with E-state index in [4.69, 9.17) is 4.55 Å². The van der Waals surface area contributed by atoms with Crippen LogP contribution in [0.2, 0.25) is 0 Å². The first-order valence-corrected chi connectivity index (χ1v) is 6.68. The average molecular weight is 246 g/mol. The van der Waals surface area contributed by atoms with E-state index in [2.05, 4.69) is 0 Å². The molecular formula is C13H10O3S. The molecule has 0 saturated heterocycles. The Morgan fingerprint density at radius 3 is 2.41 bits per heavy atom. The third-order valence-corrected chi connectivity index (χ3v) is 3.91. The maximum absolute atomic E-state index is 11.1. The lowest BCUT2D eigenvalue weighted by molar-refractivity contribution is 0.483. The minimum absolute atomic E-state index is 0.0379. The molecule has 0 bridgehead atoms. The minimum Gasteiger partial charge on any atom is -0.282 e. The van der Waals surface area contributed by atoms with Crippen LogP contribution in [-0.2, 0) is 16.5 Å². The maximum Gasteiger partial charge on any atom is 0.294 e.